The van der Waals surface area contributed by atoms with Crippen LogP contribution in [-0.2, 0) is 18.3 Å². The number of nitrogens with zero attached hydrogens (tertiary/aromatic N) is 6. The maximum Gasteiger partial charge on any atom is 0.407 e. The van der Waals surface area contributed by atoms with E-state index in [2.05, 4.69) is 20.4 Å². The molecule has 1 N–H and O–H groups in total. The molecular formula is C23H22FN7O4. The van der Waals surface area contributed by atoms with Crippen LogP contribution in [0.25, 0.3) is 22.4 Å². The molecule has 11 nitrogen and oxygen atoms in total. The van der Waals surface area contributed by atoms with Crippen LogP contribution >= 0.6 is 0 Å². The lowest BCUT2D eigenvalue weighted by atomic mass is 10.2. The summed E-state index contributed by atoms with van der Waals surface area (Å²) in [6.45, 7) is 0.453. The summed E-state index contributed by atoms with van der Waals surface area (Å²) >= 11 is 0. The summed E-state index contributed by atoms with van der Waals surface area (Å²) in [6.07, 6.45) is 4.68. The highest BCUT2D eigenvalue weighted by atomic mass is 19.1. The fraction of sp³-hybridized carbons (Fsp3) is 0.261. The summed E-state index contributed by atoms with van der Waals surface area (Å²) in [4.78, 5) is 25.5. The van der Waals surface area contributed by atoms with E-state index in [1.165, 1.54) is 26.4 Å². The lowest BCUT2D eigenvalue weighted by Crippen LogP contribution is -2.35. The molecule has 0 spiro atoms. The zero-order chi connectivity index (χ0) is 24.5. The van der Waals surface area contributed by atoms with Crippen LogP contribution in [0, 0.1) is 5.82 Å². The fourth-order valence-electron chi connectivity index (χ4n) is 3.80. The van der Waals surface area contributed by atoms with Gasteiger partial charge in [0.1, 0.15) is 29.0 Å². The molecule has 1 amide bonds. The third-order valence-electron chi connectivity index (χ3n) is 5.53. The summed E-state index contributed by atoms with van der Waals surface area (Å²) < 4.78 is 34.0. The third kappa shape index (κ3) is 4.37. The lowest BCUT2D eigenvalue weighted by molar-refractivity contribution is 0.176. The van der Waals surface area contributed by atoms with Crippen LogP contribution in [0.5, 0.6) is 11.5 Å². The number of halogens is 1. The van der Waals surface area contributed by atoms with Gasteiger partial charge in [-0.3, -0.25) is 9.67 Å². The number of aryl methyl sites for hydroxylation is 1. The van der Waals surface area contributed by atoms with E-state index < -0.39 is 11.9 Å². The molecular weight excluding hydrogens is 457 g/mol. The van der Waals surface area contributed by atoms with Crippen molar-refractivity contribution in [2.45, 2.75) is 12.6 Å². The minimum Gasteiger partial charge on any atom is -0.497 e. The number of benzene rings is 1. The number of carbonyl (C=O) groups excluding carboxylic acids is 1. The summed E-state index contributed by atoms with van der Waals surface area (Å²) in [7, 11) is 4.66. The molecule has 12 heteroatoms. The van der Waals surface area contributed by atoms with Gasteiger partial charge in [-0.05, 0) is 12.1 Å². The lowest BCUT2D eigenvalue weighted by Gasteiger charge is -2.15. The Morgan fingerprint density at radius 3 is 2.80 bits per heavy atom. The number of hydrogen-bond donors (Lipinski definition) is 1. The molecule has 1 aliphatic heterocycles. The van der Waals surface area contributed by atoms with Crippen molar-refractivity contribution in [2.24, 2.45) is 12.0 Å². The first-order valence-electron chi connectivity index (χ1n) is 10.7. The Labute approximate surface area is 198 Å². The van der Waals surface area contributed by atoms with Crippen molar-refractivity contribution < 1.29 is 23.4 Å². The molecule has 1 fully saturated rings. The number of amides is 1. The molecule has 0 bridgehead atoms. The van der Waals surface area contributed by atoms with Crippen molar-refractivity contribution in [1.82, 2.24) is 29.6 Å². The second-order valence-corrected chi connectivity index (χ2v) is 7.88. The average Bonchev–Trinajstić information content (AvgIpc) is 3.49. The number of aromatic nitrogens is 5. The molecule has 35 heavy (non-hydrogen) atoms. The normalized spacial score (nSPS) is 15.8. The maximum absolute atomic E-state index is 15.1. The molecule has 1 aliphatic rings. The van der Waals surface area contributed by atoms with Crippen molar-refractivity contribution in [3.63, 3.8) is 0 Å². The quantitative estimate of drug-likeness (QED) is 0.451. The van der Waals surface area contributed by atoms with Gasteiger partial charge in [-0.25, -0.2) is 19.2 Å². The van der Waals surface area contributed by atoms with Gasteiger partial charge in [-0.1, -0.05) is 0 Å². The van der Waals surface area contributed by atoms with E-state index in [0.29, 0.717) is 28.1 Å². The molecule has 4 aromatic rings. The second-order valence-electron chi connectivity index (χ2n) is 7.88. The van der Waals surface area contributed by atoms with Gasteiger partial charge >= 0.3 is 6.09 Å². The predicted octanol–water partition coefficient (Wildman–Crippen LogP) is 2.33. The Balaban J connectivity index is 1.72. The van der Waals surface area contributed by atoms with E-state index in [1.807, 2.05) is 13.2 Å². The predicted molar refractivity (Wildman–Crippen MR) is 123 cm³/mol. The van der Waals surface area contributed by atoms with Gasteiger partial charge in [-0.15, -0.1) is 0 Å². The number of pyridine rings is 1. The van der Waals surface area contributed by atoms with E-state index in [4.69, 9.17) is 19.2 Å². The molecule has 4 heterocycles. The highest BCUT2D eigenvalue weighted by molar-refractivity contribution is 5.74. The van der Waals surface area contributed by atoms with Gasteiger partial charge in [-0.2, -0.15) is 5.10 Å². The van der Waals surface area contributed by atoms with Gasteiger partial charge in [0.2, 0.25) is 0 Å². The third-order valence-corrected chi connectivity index (χ3v) is 5.53. The highest BCUT2D eigenvalue weighted by Crippen LogP contribution is 2.32. The molecule has 0 radical (unpaired) electrons. The van der Waals surface area contributed by atoms with Crippen molar-refractivity contribution in [2.75, 3.05) is 20.8 Å². The topological polar surface area (TPSA) is 118 Å². The minimum atomic E-state index is -0.632. The number of rotatable bonds is 6. The number of methoxy groups -OCH3 is 2. The van der Waals surface area contributed by atoms with Gasteiger partial charge in [0.05, 0.1) is 38.3 Å². The molecule has 1 saturated heterocycles. The van der Waals surface area contributed by atoms with Gasteiger partial charge in [0.25, 0.3) is 0 Å². The molecule has 5 rings (SSSR count). The van der Waals surface area contributed by atoms with E-state index in [1.54, 1.807) is 33.8 Å². The molecule has 0 aliphatic carbocycles. The van der Waals surface area contributed by atoms with Crippen molar-refractivity contribution in [3.05, 3.63) is 54.2 Å². The first-order chi connectivity index (χ1) is 16.9. The standard InChI is InChI=1S/C23H22FN7O4/c1-30-10-13(8-26-30)18-9-25-16-4-5-20(28-17-6-15(33-2)7-19(34-3)21(17)24)31(22(16)29-18)11-14-12-35-23(32)27-14/h4-10,14H,11-12H2,1-3H3,(H,27,32)/b28-20+. The largest absolute Gasteiger partial charge is 0.497 e. The van der Waals surface area contributed by atoms with Crippen LogP contribution in [0.1, 0.15) is 0 Å². The Morgan fingerprint density at radius 2 is 2.11 bits per heavy atom. The number of alkyl carbamates (subject to hydrolysis) is 1. The fourth-order valence-corrected chi connectivity index (χ4v) is 3.80. The van der Waals surface area contributed by atoms with Crippen LogP contribution in [0.4, 0.5) is 14.9 Å². The summed E-state index contributed by atoms with van der Waals surface area (Å²) in [5.41, 5.74) is 2.92. The number of cyclic esters (lactones) is 1. The Bertz CT molecular complexity index is 1500. The monoisotopic (exact) mass is 479 g/mol. The molecule has 180 valence electrons. The summed E-state index contributed by atoms with van der Waals surface area (Å²) in [5.74, 6) is -0.234. The second kappa shape index (κ2) is 9.05. The molecule has 1 atom stereocenters. The first kappa shape index (κ1) is 22.3. The van der Waals surface area contributed by atoms with Gasteiger partial charge in [0.15, 0.2) is 17.2 Å². The van der Waals surface area contributed by atoms with E-state index >= 15 is 4.39 Å². The van der Waals surface area contributed by atoms with Crippen molar-refractivity contribution in [3.8, 4) is 22.8 Å². The van der Waals surface area contributed by atoms with Gasteiger partial charge < -0.3 is 24.1 Å². The minimum absolute atomic E-state index is 0.00514. The number of carbonyl (C=O) groups is 1. The number of nitrogens with one attached hydrogen (secondary N) is 1. The van der Waals surface area contributed by atoms with Crippen molar-refractivity contribution >= 4 is 22.9 Å². The Morgan fingerprint density at radius 1 is 1.26 bits per heavy atom. The van der Waals surface area contributed by atoms with Crippen LogP contribution in [0.2, 0.25) is 0 Å². The van der Waals surface area contributed by atoms with Crippen molar-refractivity contribution in [1.29, 1.82) is 0 Å². The number of fused-ring (bicyclic) bond motifs is 1. The van der Waals surface area contributed by atoms with E-state index in [-0.39, 0.29) is 30.6 Å². The van der Waals surface area contributed by atoms with Crippen LogP contribution in [0.3, 0.4) is 0 Å². The van der Waals surface area contributed by atoms with Crippen LogP contribution < -0.4 is 20.3 Å². The smallest absolute Gasteiger partial charge is 0.407 e. The van der Waals surface area contributed by atoms with E-state index in [0.717, 1.165) is 5.56 Å². The Kier molecular flexibility index (Phi) is 5.77. The first-order valence-corrected chi connectivity index (χ1v) is 10.7. The molecule has 1 aromatic carbocycles. The molecule has 1 unspecified atom stereocenters. The van der Waals surface area contributed by atoms with Crippen LogP contribution in [0.15, 0.2) is 47.8 Å². The summed E-state index contributed by atoms with van der Waals surface area (Å²) in [5, 5.41) is 6.95. The number of ether oxygens (including phenoxy) is 3. The highest BCUT2D eigenvalue weighted by Gasteiger charge is 2.24. The van der Waals surface area contributed by atoms with E-state index in [9.17, 15) is 4.79 Å². The molecule has 3 aromatic heterocycles. The average molecular weight is 479 g/mol. The number of hydrogen-bond acceptors (Lipinski definition) is 8. The molecule has 0 saturated carbocycles. The van der Waals surface area contributed by atoms with Crippen LogP contribution in [-0.4, -0.2) is 57.3 Å². The zero-order valence-electron chi connectivity index (χ0n) is 19.2. The Hall–Kier alpha value is -4.48. The zero-order valence-corrected chi connectivity index (χ0v) is 19.2. The summed E-state index contributed by atoms with van der Waals surface area (Å²) in [6, 6.07) is 6.05. The van der Waals surface area contributed by atoms with Gasteiger partial charge in [0, 0.05) is 37.5 Å². The SMILES string of the molecule is COc1cc(/N=c2\ccc3ncc(-c4cnn(C)c4)nc3n2CC2COC(=O)N2)c(F)c(OC)c1. The maximum atomic E-state index is 15.1.